The molecule has 0 amide bonds. The van der Waals surface area contributed by atoms with E-state index in [1.807, 2.05) is 0 Å². The second-order valence-corrected chi connectivity index (χ2v) is 5.56. The normalized spacial score (nSPS) is 26.4. The number of nitrogens with zero attached hydrogens (tertiary/aromatic N) is 1. The summed E-state index contributed by atoms with van der Waals surface area (Å²) in [6.45, 7) is 1.57. The van der Waals surface area contributed by atoms with E-state index >= 15 is 0 Å². The predicted octanol–water partition coefficient (Wildman–Crippen LogP) is 3.55. The summed E-state index contributed by atoms with van der Waals surface area (Å²) in [7, 11) is 0. The molecule has 2 unspecified atom stereocenters. The summed E-state index contributed by atoms with van der Waals surface area (Å²) >= 11 is 0. The Labute approximate surface area is 120 Å². The van der Waals surface area contributed by atoms with E-state index in [4.69, 9.17) is 0 Å². The Morgan fingerprint density at radius 3 is 2.81 bits per heavy atom. The molecule has 1 fully saturated rings. The van der Waals surface area contributed by atoms with Crippen molar-refractivity contribution in [2.45, 2.75) is 44.8 Å². The quantitative estimate of drug-likeness (QED) is 0.896. The van der Waals surface area contributed by atoms with E-state index in [1.54, 1.807) is 6.92 Å². The van der Waals surface area contributed by atoms with Gasteiger partial charge < -0.3 is 10.4 Å². The van der Waals surface area contributed by atoms with E-state index in [0.29, 0.717) is 12.8 Å². The monoisotopic (exact) mass is 302 g/mol. The zero-order valence-corrected chi connectivity index (χ0v) is 11.6. The van der Waals surface area contributed by atoms with Crippen LogP contribution in [0.4, 0.5) is 19.0 Å². The second kappa shape index (κ2) is 5.54. The summed E-state index contributed by atoms with van der Waals surface area (Å²) in [6.07, 6.45) is -0.766. The van der Waals surface area contributed by atoms with Crippen molar-refractivity contribution < 1.29 is 23.1 Å². The van der Waals surface area contributed by atoms with Gasteiger partial charge >= 0.3 is 12.1 Å². The Morgan fingerprint density at radius 1 is 1.48 bits per heavy atom. The van der Waals surface area contributed by atoms with Crippen LogP contribution < -0.4 is 5.32 Å². The molecule has 1 aromatic rings. The van der Waals surface area contributed by atoms with Crippen LogP contribution in [-0.4, -0.2) is 22.1 Å². The predicted molar refractivity (Wildman–Crippen MR) is 70.9 cm³/mol. The zero-order valence-electron chi connectivity index (χ0n) is 11.6. The number of hydrogen-bond donors (Lipinski definition) is 2. The number of alkyl halides is 3. The molecule has 7 heteroatoms. The fourth-order valence-electron chi connectivity index (χ4n) is 2.74. The lowest BCUT2D eigenvalue weighted by Crippen LogP contribution is -2.47. The number of hydrogen-bond acceptors (Lipinski definition) is 3. The number of nitrogens with one attached hydrogen (secondary N) is 1. The van der Waals surface area contributed by atoms with E-state index in [-0.39, 0.29) is 5.82 Å². The fraction of sp³-hybridized carbons (Fsp3) is 0.571. The molecule has 4 nitrogen and oxygen atoms in total. The van der Waals surface area contributed by atoms with Crippen molar-refractivity contribution in [1.29, 1.82) is 0 Å². The van der Waals surface area contributed by atoms with Gasteiger partial charge in [-0.15, -0.1) is 0 Å². The van der Waals surface area contributed by atoms with Gasteiger partial charge in [0.2, 0.25) is 0 Å². The van der Waals surface area contributed by atoms with E-state index in [0.717, 1.165) is 18.9 Å². The van der Waals surface area contributed by atoms with Gasteiger partial charge in [-0.05, 0) is 31.9 Å². The van der Waals surface area contributed by atoms with Crippen molar-refractivity contribution in [1.82, 2.24) is 4.98 Å². The molecule has 1 heterocycles. The molecule has 0 bridgehead atoms. The van der Waals surface area contributed by atoms with Crippen molar-refractivity contribution in [3.05, 3.63) is 23.9 Å². The summed E-state index contributed by atoms with van der Waals surface area (Å²) in [5.41, 5.74) is -1.96. The molecule has 1 aliphatic rings. The van der Waals surface area contributed by atoms with Crippen LogP contribution >= 0.6 is 0 Å². The minimum absolute atomic E-state index is 0.302. The Kier molecular flexibility index (Phi) is 4.11. The average molecular weight is 302 g/mol. The molecule has 1 saturated carbocycles. The lowest BCUT2D eigenvalue weighted by molar-refractivity contribution is -0.150. The van der Waals surface area contributed by atoms with E-state index < -0.39 is 29.2 Å². The van der Waals surface area contributed by atoms with Gasteiger partial charge in [0.15, 0.2) is 0 Å². The van der Waals surface area contributed by atoms with Crippen molar-refractivity contribution in [3.63, 3.8) is 0 Å². The third-order valence-corrected chi connectivity index (χ3v) is 4.12. The maximum absolute atomic E-state index is 13.0. The van der Waals surface area contributed by atoms with Gasteiger partial charge in [0, 0.05) is 12.2 Å². The summed E-state index contributed by atoms with van der Waals surface area (Å²) in [5, 5.41) is 12.1. The van der Waals surface area contributed by atoms with E-state index in [1.165, 1.54) is 12.3 Å². The zero-order chi connectivity index (χ0) is 15.7. The molecule has 0 aliphatic heterocycles. The first-order valence-electron chi connectivity index (χ1n) is 6.77. The molecular formula is C14H17F3N2O2. The standard InChI is InChI=1S/C14H17F3N2O2/c1-13(12(20)21)7-3-2-6-10(13)19-11-9(14(15,16)17)5-4-8-18-11/h4-5,8,10H,2-3,6-7H2,1H3,(H,18,19)(H,20,21). The molecule has 0 radical (unpaired) electrons. The average Bonchev–Trinajstić information content (AvgIpc) is 2.41. The summed E-state index contributed by atoms with van der Waals surface area (Å²) in [4.78, 5) is 15.2. The number of rotatable bonds is 3. The Hall–Kier alpha value is -1.79. The molecule has 2 atom stereocenters. The van der Waals surface area contributed by atoms with Gasteiger partial charge in [-0.1, -0.05) is 12.8 Å². The summed E-state index contributed by atoms with van der Waals surface area (Å²) in [5.74, 6) is -1.30. The third-order valence-electron chi connectivity index (χ3n) is 4.12. The minimum atomic E-state index is -4.52. The van der Waals surface area contributed by atoms with Crippen LogP contribution in [0.1, 0.15) is 38.2 Å². The van der Waals surface area contributed by atoms with Crippen molar-refractivity contribution >= 4 is 11.8 Å². The highest BCUT2D eigenvalue weighted by Crippen LogP contribution is 2.40. The van der Waals surface area contributed by atoms with Gasteiger partial charge in [-0.25, -0.2) is 4.98 Å². The molecule has 2 N–H and O–H groups in total. The van der Waals surface area contributed by atoms with Gasteiger partial charge in [-0.3, -0.25) is 4.79 Å². The van der Waals surface area contributed by atoms with Crippen molar-refractivity contribution in [2.75, 3.05) is 5.32 Å². The number of aromatic nitrogens is 1. The van der Waals surface area contributed by atoms with Gasteiger partial charge in [0.05, 0.1) is 11.0 Å². The molecule has 2 rings (SSSR count). The Morgan fingerprint density at radius 2 is 2.19 bits per heavy atom. The summed E-state index contributed by atoms with van der Waals surface area (Å²) < 4.78 is 38.9. The third kappa shape index (κ3) is 3.11. The van der Waals surface area contributed by atoms with Crippen LogP contribution in [0.2, 0.25) is 0 Å². The van der Waals surface area contributed by atoms with Gasteiger partial charge in [-0.2, -0.15) is 13.2 Å². The maximum Gasteiger partial charge on any atom is 0.419 e. The fourth-order valence-corrected chi connectivity index (χ4v) is 2.74. The SMILES string of the molecule is CC1(C(=O)O)CCCCC1Nc1ncccc1C(F)(F)F. The first kappa shape index (κ1) is 15.6. The number of pyridine rings is 1. The number of carboxylic acids is 1. The molecule has 0 spiro atoms. The number of carbonyl (C=O) groups is 1. The first-order chi connectivity index (χ1) is 9.75. The van der Waals surface area contributed by atoms with Gasteiger partial charge in [0.1, 0.15) is 5.82 Å². The number of carboxylic acid groups (broad SMARTS) is 1. The molecule has 21 heavy (non-hydrogen) atoms. The van der Waals surface area contributed by atoms with Crippen LogP contribution in [0.15, 0.2) is 18.3 Å². The lowest BCUT2D eigenvalue weighted by Gasteiger charge is -2.38. The van der Waals surface area contributed by atoms with Crippen molar-refractivity contribution in [3.8, 4) is 0 Å². The largest absolute Gasteiger partial charge is 0.481 e. The van der Waals surface area contributed by atoms with Crippen LogP contribution in [0.3, 0.4) is 0 Å². The number of aliphatic carboxylic acids is 1. The van der Waals surface area contributed by atoms with Crippen LogP contribution in [0.25, 0.3) is 0 Å². The van der Waals surface area contributed by atoms with E-state index in [9.17, 15) is 23.1 Å². The molecule has 0 aromatic carbocycles. The molecule has 1 aliphatic carbocycles. The first-order valence-corrected chi connectivity index (χ1v) is 6.77. The lowest BCUT2D eigenvalue weighted by atomic mass is 9.71. The van der Waals surface area contributed by atoms with Crippen LogP contribution in [0, 0.1) is 5.41 Å². The highest BCUT2D eigenvalue weighted by atomic mass is 19.4. The topological polar surface area (TPSA) is 62.2 Å². The summed E-state index contributed by atoms with van der Waals surface area (Å²) in [6, 6.07) is 1.58. The molecule has 1 aromatic heterocycles. The second-order valence-electron chi connectivity index (χ2n) is 5.56. The number of anilines is 1. The van der Waals surface area contributed by atoms with Crippen molar-refractivity contribution in [2.24, 2.45) is 5.41 Å². The maximum atomic E-state index is 13.0. The minimum Gasteiger partial charge on any atom is -0.481 e. The van der Waals surface area contributed by atoms with Gasteiger partial charge in [0.25, 0.3) is 0 Å². The molecule has 116 valence electrons. The molecule has 0 saturated heterocycles. The van der Waals surface area contributed by atoms with E-state index in [2.05, 4.69) is 10.3 Å². The van der Waals surface area contributed by atoms with Crippen LogP contribution in [-0.2, 0) is 11.0 Å². The smallest absolute Gasteiger partial charge is 0.419 e. The highest BCUT2D eigenvalue weighted by Gasteiger charge is 2.44. The Bertz CT molecular complexity index is 533. The number of halogens is 3. The highest BCUT2D eigenvalue weighted by molar-refractivity contribution is 5.76. The molecular weight excluding hydrogens is 285 g/mol. The Balaban J connectivity index is 2.31. The van der Waals surface area contributed by atoms with Crippen LogP contribution in [0.5, 0.6) is 0 Å².